The van der Waals surface area contributed by atoms with Gasteiger partial charge in [0.15, 0.2) is 0 Å². The molecule has 0 unspecified atom stereocenters. The van der Waals surface area contributed by atoms with Crippen molar-refractivity contribution < 1.29 is 0 Å². The van der Waals surface area contributed by atoms with Crippen molar-refractivity contribution in [2.24, 2.45) is 17.3 Å². The van der Waals surface area contributed by atoms with E-state index in [1.165, 1.54) is 31.2 Å². The highest BCUT2D eigenvalue weighted by molar-refractivity contribution is 6.30. The van der Waals surface area contributed by atoms with Crippen LogP contribution >= 0.6 is 11.6 Å². The van der Waals surface area contributed by atoms with Crippen LogP contribution in [0.1, 0.15) is 52.0 Å². The molecule has 112 valence electrons. The third-order valence-electron chi connectivity index (χ3n) is 4.75. The first-order valence-corrected chi connectivity index (χ1v) is 8.28. The van der Waals surface area contributed by atoms with Crippen LogP contribution in [-0.2, 0) is 6.54 Å². The van der Waals surface area contributed by atoms with Crippen molar-refractivity contribution in [3.63, 3.8) is 0 Å². The summed E-state index contributed by atoms with van der Waals surface area (Å²) in [5, 5.41) is 4.42. The molecule has 0 aromatic heterocycles. The summed E-state index contributed by atoms with van der Waals surface area (Å²) in [6, 6.07) is 8.14. The van der Waals surface area contributed by atoms with E-state index in [1.54, 1.807) is 0 Å². The normalized spacial score (nSPS) is 23.8. The SMILES string of the molecule is CC(C)(C)C1CCC(CNCc2ccc(Cl)cc2)CC1. The molecule has 1 aliphatic rings. The second-order valence-electron chi connectivity index (χ2n) is 7.34. The minimum atomic E-state index is 0.488. The summed E-state index contributed by atoms with van der Waals surface area (Å²) in [7, 11) is 0. The van der Waals surface area contributed by atoms with E-state index in [4.69, 9.17) is 11.6 Å². The van der Waals surface area contributed by atoms with Gasteiger partial charge in [0, 0.05) is 11.6 Å². The van der Waals surface area contributed by atoms with Crippen LogP contribution in [0.15, 0.2) is 24.3 Å². The number of nitrogens with one attached hydrogen (secondary N) is 1. The van der Waals surface area contributed by atoms with Crippen LogP contribution in [-0.4, -0.2) is 6.54 Å². The number of hydrogen-bond acceptors (Lipinski definition) is 1. The second-order valence-corrected chi connectivity index (χ2v) is 7.78. The number of benzene rings is 1. The lowest BCUT2D eigenvalue weighted by atomic mass is 9.70. The van der Waals surface area contributed by atoms with Crippen molar-refractivity contribution in [3.05, 3.63) is 34.9 Å². The summed E-state index contributed by atoms with van der Waals surface area (Å²) in [6.45, 7) is 9.26. The predicted octanol–water partition coefficient (Wildman–Crippen LogP) is 5.28. The zero-order valence-electron chi connectivity index (χ0n) is 13.1. The molecule has 0 spiro atoms. The van der Waals surface area contributed by atoms with Gasteiger partial charge in [-0.05, 0) is 67.2 Å². The Morgan fingerprint density at radius 3 is 2.20 bits per heavy atom. The summed E-state index contributed by atoms with van der Waals surface area (Å²) < 4.78 is 0. The van der Waals surface area contributed by atoms with Gasteiger partial charge in [-0.25, -0.2) is 0 Å². The van der Waals surface area contributed by atoms with E-state index in [9.17, 15) is 0 Å². The highest BCUT2D eigenvalue weighted by Crippen LogP contribution is 2.39. The van der Waals surface area contributed by atoms with Crippen LogP contribution < -0.4 is 5.32 Å². The number of rotatable bonds is 4. The molecule has 2 heteroatoms. The summed E-state index contributed by atoms with van der Waals surface area (Å²) in [5.41, 5.74) is 1.81. The Balaban J connectivity index is 1.67. The van der Waals surface area contributed by atoms with Gasteiger partial charge in [0.2, 0.25) is 0 Å². The zero-order valence-corrected chi connectivity index (χ0v) is 13.8. The minimum Gasteiger partial charge on any atom is -0.312 e. The molecular weight excluding hydrogens is 266 g/mol. The van der Waals surface area contributed by atoms with Crippen molar-refractivity contribution in [2.75, 3.05) is 6.54 Å². The summed E-state index contributed by atoms with van der Waals surface area (Å²) >= 11 is 5.90. The second kappa shape index (κ2) is 6.95. The summed E-state index contributed by atoms with van der Waals surface area (Å²) in [5.74, 6) is 1.77. The highest BCUT2D eigenvalue weighted by Gasteiger charge is 2.29. The lowest BCUT2D eigenvalue weighted by Gasteiger charge is -2.37. The maximum absolute atomic E-state index is 5.90. The molecule has 0 saturated heterocycles. The lowest BCUT2D eigenvalue weighted by Crippen LogP contribution is -2.30. The van der Waals surface area contributed by atoms with Crippen LogP contribution in [0.5, 0.6) is 0 Å². The first kappa shape index (κ1) is 15.9. The molecular formula is C18H28ClN. The molecule has 1 saturated carbocycles. The number of hydrogen-bond donors (Lipinski definition) is 1. The third kappa shape index (κ3) is 4.79. The van der Waals surface area contributed by atoms with E-state index in [0.717, 1.165) is 29.9 Å². The van der Waals surface area contributed by atoms with E-state index in [0.29, 0.717) is 5.41 Å². The highest BCUT2D eigenvalue weighted by atomic mass is 35.5. The smallest absolute Gasteiger partial charge is 0.0406 e. The van der Waals surface area contributed by atoms with Gasteiger partial charge in [0.25, 0.3) is 0 Å². The summed E-state index contributed by atoms with van der Waals surface area (Å²) in [6.07, 6.45) is 5.57. The first-order chi connectivity index (χ1) is 9.45. The first-order valence-electron chi connectivity index (χ1n) is 7.90. The van der Waals surface area contributed by atoms with Gasteiger partial charge in [-0.15, -0.1) is 0 Å². The van der Waals surface area contributed by atoms with Crippen LogP contribution in [0.3, 0.4) is 0 Å². The van der Waals surface area contributed by atoms with Crippen LogP contribution in [0.25, 0.3) is 0 Å². The topological polar surface area (TPSA) is 12.0 Å². The molecule has 1 nitrogen and oxygen atoms in total. The standard InChI is InChI=1S/C18H28ClN/c1-18(2,3)16-8-4-14(5-9-16)12-20-13-15-6-10-17(19)11-7-15/h6-7,10-11,14,16,20H,4-5,8-9,12-13H2,1-3H3. The van der Waals surface area contributed by atoms with Crippen molar-refractivity contribution in [3.8, 4) is 0 Å². The molecule has 1 fully saturated rings. The fraction of sp³-hybridized carbons (Fsp3) is 0.667. The Morgan fingerprint density at radius 2 is 1.65 bits per heavy atom. The van der Waals surface area contributed by atoms with Gasteiger partial charge < -0.3 is 5.32 Å². The average Bonchev–Trinajstić information content (AvgIpc) is 2.41. The molecule has 1 aliphatic carbocycles. The Bertz CT molecular complexity index is 396. The maximum Gasteiger partial charge on any atom is 0.0406 e. The summed E-state index contributed by atoms with van der Waals surface area (Å²) in [4.78, 5) is 0. The quantitative estimate of drug-likeness (QED) is 0.796. The lowest BCUT2D eigenvalue weighted by molar-refractivity contribution is 0.149. The Morgan fingerprint density at radius 1 is 1.05 bits per heavy atom. The van der Waals surface area contributed by atoms with Gasteiger partial charge in [0.1, 0.15) is 0 Å². The average molecular weight is 294 g/mol. The van der Waals surface area contributed by atoms with Crippen LogP contribution in [0, 0.1) is 17.3 Å². The van der Waals surface area contributed by atoms with E-state index >= 15 is 0 Å². The van der Waals surface area contributed by atoms with Gasteiger partial charge in [-0.2, -0.15) is 0 Å². The molecule has 0 atom stereocenters. The van der Waals surface area contributed by atoms with Gasteiger partial charge in [0.05, 0.1) is 0 Å². The molecule has 2 rings (SSSR count). The molecule has 1 aromatic carbocycles. The maximum atomic E-state index is 5.90. The molecule has 0 bridgehead atoms. The van der Waals surface area contributed by atoms with Crippen molar-refractivity contribution in [1.82, 2.24) is 5.32 Å². The van der Waals surface area contributed by atoms with E-state index in [-0.39, 0.29) is 0 Å². The Hall–Kier alpha value is -0.530. The van der Waals surface area contributed by atoms with E-state index in [1.807, 2.05) is 12.1 Å². The van der Waals surface area contributed by atoms with Crippen LogP contribution in [0.2, 0.25) is 5.02 Å². The molecule has 0 heterocycles. The van der Waals surface area contributed by atoms with Crippen molar-refractivity contribution in [1.29, 1.82) is 0 Å². The third-order valence-corrected chi connectivity index (χ3v) is 5.00. The number of halogens is 1. The van der Waals surface area contributed by atoms with Gasteiger partial charge in [-0.3, -0.25) is 0 Å². The fourth-order valence-electron chi connectivity index (χ4n) is 3.26. The molecule has 0 amide bonds. The van der Waals surface area contributed by atoms with Gasteiger partial charge in [-0.1, -0.05) is 44.5 Å². The van der Waals surface area contributed by atoms with Crippen LogP contribution in [0.4, 0.5) is 0 Å². The molecule has 20 heavy (non-hydrogen) atoms. The van der Waals surface area contributed by atoms with Gasteiger partial charge >= 0.3 is 0 Å². The minimum absolute atomic E-state index is 0.488. The molecule has 1 N–H and O–H groups in total. The largest absolute Gasteiger partial charge is 0.312 e. The molecule has 0 aliphatic heterocycles. The fourth-order valence-corrected chi connectivity index (χ4v) is 3.38. The molecule has 0 radical (unpaired) electrons. The molecule has 1 aromatic rings. The van der Waals surface area contributed by atoms with E-state index in [2.05, 4.69) is 38.2 Å². The Kier molecular flexibility index (Phi) is 5.51. The van der Waals surface area contributed by atoms with E-state index < -0.39 is 0 Å². The van der Waals surface area contributed by atoms with Crippen molar-refractivity contribution in [2.45, 2.75) is 53.0 Å². The van der Waals surface area contributed by atoms with Crippen molar-refractivity contribution >= 4 is 11.6 Å². The zero-order chi connectivity index (χ0) is 14.6. The monoisotopic (exact) mass is 293 g/mol. The predicted molar refractivity (Wildman–Crippen MR) is 88.1 cm³/mol. The Labute approximate surface area is 129 Å².